The van der Waals surface area contributed by atoms with E-state index in [0.717, 1.165) is 23.2 Å². The van der Waals surface area contributed by atoms with Crippen molar-refractivity contribution in [3.8, 4) is 5.75 Å². The molecule has 1 N–H and O–H groups in total. The van der Waals surface area contributed by atoms with Crippen molar-refractivity contribution in [3.05, 3.63) is 46.2 Å². The van der Waals surface area contributed by atoms with E-state index in [-0.39, 0.29) is 5.76 Å². The maximum absolute atomic E-state index is 13.0. The van der Waals surface area contributed by atoms with Gasteiger partial charge < -0.3 is 14.1 Å². The van der Waals surface area contributed by atoms with Gasteiger partial charge >= 0.3 is 5.88 Å². The molecule has 0 saturated heterocycles. The Bertz CT molecular complexity index is 997. The van der Waals surface area contributed by atoms with Gasteiger partial charge in [-0.2, -0.15) is 0 Å². The highest BCUT2D eigenvalue weighted by Crippen LogP contribution is 2.32. The standard InChI is InChI=1S/C18H20N4O5S/c1-20(2)9-4-10-21(17(23)14-7-8-16(27-14)22(24)25)18-19-13-6-5-12(26-3)11-15(13)28-18/h5-8,11H,4,9-10H2,1-3H3/p+1. The van der Waals surface area contributed by atoms with E-state index in [1.54, 1.807) is 7.11 Å². The molecule has 3 rings (SSSR count). The number of thiazole rings is 1. The zero-order valence-electron chi connectivity index (χ0n) is 15.8. The molecule has 0 aliphatic rings. The van der Waals surface area contributed by atoms with Crippen molar-refractivity contribution in [1.82, 2.24) is 4.98 Å². The van der Waals surface area contributed by atoms with Crippen LogP contribution in [0.25, 0.3) is 10.2 Å². The number of quaternary nitrogens is 1. The largest absolute Gasteiger partial charge is 0.497 e. The summed E-state index contributed by atoms with van der Waals surface area (Å²) in [7, 11) is 5.66. The van der Waals surface area contributed by atoms with E-state index in [4.69, 9.17) is 9.15 Å². The number of rotatable bonds is 8. The first-order chi connectivity index (χ1) is 13.4. The maximum Gasteiger partial charge on any atom is 0.433 e. The Hall–Kier alpha value is -2.98. The topological polar surface area (TPSA) is 103 Å². The Labute approximate surface area is 165 Å². The van der Waals surface area contributed by atoms with Crippen LogP contribution in [0.3, 0.4) is 0 Å². The third-order valence-electron chi connectivity index (χ3n) is 4.10. The molecule has 0 radical (unpaired) electrons. The van der Waals surface area contributed by atoms with Gasteiger partial charge in [0.15, 0.2) is 10.9 Å². The van der Waals surface area contributed by atoms with Gasteiger partial charge in [0.2, 0.25) is 0 Å². The monoisotopic (exact) mass is 405 g/mol. The predicted molar refractivity (Wildman–Crippen MR) is 106 cm³/mol. The van der Waals surface area contributed by atoms with Crippen molar-refractivity contribution in [3.63, 3.8) is 0 Å². The highest BCUT2D eigenvalue weighted by molar-refractivity contribution is 7.22. The molecule has 2 heterocycles. The first-order valence-corrected chi connectivity index (χ1v) is 9.50. The van der Waals surface area contributed by atoms with Gasteiger partial charge in [0.25, 0.3) is 5.91 Å². The number of carbonyl (C=O) groups is 1. The van der Waals surface area contributed by atoms with Gasteiger partial charge in [-0.25, -0.2) is 4.98 Å². The number of benzene rings is 1. The van der Waals surface area contributed by atoms with Crippen molar-refractivity contribution in [1.29, 1.82) is 0 Å². The Morgan fingerprint density at radius 2 is 2.14 bits per heavy atom. The third-order valence-corrected chi connectivity index (χ3v) is 5.14. The molecule has 0 saturated carbocycles. The number of amides is 1. The summed E-state index contributed by atoms with van der Waals surface area (Å²) in [5.74, 6) is -0.290. The molecule has 0 aliphatic carbocycles. The van der Waals surface area contributed by atoms with Crippen molar-refractivity contribution in [2.24, 2.45) is 0 Å². The summed E-state index contributed by atoms with van der Waals surface area (Å²) in [4.78, 5) is 30.5. The lowest BCUT2D eigenvalue weighted by atomic mass is 10.3. The summed E-state index contributed by atoms with van der Waals surface area (Å²) in [5, 5.41) is 11.4. The Kier molecular flexibility index (Phi) is 5.90. The first kappa shape index (κ1) is 19.8. The average molecular weight is 405 g/mol. The smallest absolute Gasteiger partial charge is 0.433 e. The summed E-state index contributed by atoms with van der Waals surface area (Å²) in [6.07, 6.45) is 0.746. The van der Waals surface area contributed by atoms with Crippen LogP contribution in [-0.2, 0) is 0 Å². The van der Waals surface area contributed by atoms with Crippen molar-refractivity contribution in [2.45, 2.75) is 6.42 Å². The molecule has 28 heavy (non-hydrogen) atoms. The van der Waals surface area contributed by atoms with Gasteiger partial charge in [-0.15, -0.1) is 0 Å². The maximum atomic E-state index is 13.0. The second-order valence-corrected chi connectivity index (χ2v) is 7.50. The average Bonchev–Trinajstić information content (AvgIpc) is 3.30. The van der Waals surface area contributed by atoms with E-state index < -0.39 is 16.7 Å². The lowest BCUT2D eigenvalue weighted by Crippen LogP contribution is -3.05. The van der Waals surface area contributed by atoms with E-state index in [1.807, 2.05) is 32.3 Å². The zero-order chi connectivity index (χ0) is 20.3. The van der Waals surface area contributed by atoms with Gasteiger partial charge in [0, 0.05) is 13.0 Å². The second kappa shape index (κ2) is 8.36. The minimum Gasteiger partial charge on any atom is -0.497 e. The van der Waals surface area contributed by atoms with Crippen LogP contribution in [0, 0.1) is 10.1 Å². The zero-order valence-corrected chi connectivity index (χ0v) is 16.6. The van der Waals surface area contributed by atoms with Gasteiger partial charge in [0.1, 0.15) is 10.7 Å². The van der Waals surface area contributed by atoms with E-state index in [1.165, 1.54) is 33.3 Å². The van der Waals surface area contributed by atoms with Crippen molar-refractivity contribution < 1.29 is 23.8 Å². The van der Waals surface area contributed by atoms with Gasteiger partial charge in [-0.1, -0.05) is 11.3 Å². The summed E-state index contributed by atoms with van der Waals surface area (Å²) >= 11 is 1.36. The number of nitrogens with one attached hydrogen (secondary N) is 1. The molecule has 0 unspecified atom stereocenters. The predicted octanol–water partition coefficient (Wildman–Crippen LogP) is 1.99. The summed E-state index contributed by atoms with van der Waals surface area (Å²) in [6.45, 7) is 1.29. The van der Waals surface area contributed by atoms with Crippen LogP contribution >= 0.6 is 11.3 Å². The fourth-order valence-corrected chi connectivity index (χ4v) is 3.70. The number of methoxy groups -OCH3 is 1. The third kappa shape index (κ3) is 4.29. The summed E-state index contributed by atoms with van der Waals surface area (Å²) in [5.41, 5.74) is 0.752. The lowest BCUT2D eigenvalue weighted by Gasteiger charge is -2.19. The van der Waals surface area contributed by atoms with Crippen molar-refractivity contribution >= 4 is 38.5 Å². The first-order valence-electron chi connectivity index (χ1n) is 8.68. The number of aromatic nitrogens is 1. The molecule has 0 atom stereocenters. The molecule has 0 spiro atoms. The number of hydrogen-bond donors (Lipinski definition) is 1. The summed E-state index contributed by atoms with van der Waals surface area (Å²) in [6, 6.07) is 8.00. The Morgan fingerprint density at radius 1 is 1.36 bits per heavy atom. The van der Waals surface area contributed by atoms with E-state index >= 15 is 0 Å². The summed E-state index contributed by atoms with van der Waals surface area (Å²) < 4.78 is 11.2. The van der Waals surface area contributed by atoms with Crippen LogP contribution in [-0.4, -0.2) is 50.1 Å². The Morgan fingerprint density at radius 3 is 2.79 bits per heavy atom. The fourth-order valence-electron chi connectivity index (χ4n) is 2.68. The lowest BCUT2D eigenvalue weighted by molar-refractivity contribution is -0.858. The molecule has 0 aliphatic heterocycles. The van der Waals surface area contributed by atoms with E-state index in [0.29, 0.717) is 17.4 Å². The molecule has 3 aromatic rings. The molecule has 0 bridgehead atoms. The molecule has 2 aromatic heterocycles. The van der Waals surface area contributed by atoms with Crippen LogP contribution in [0.1, 0.15) is 17.0 Å². The highest BCUT2D eigenvalue weighted by Gasteiger charge is 2.26. The van der Waals surface area contributed by atoms with Gasteiger partial charge in [-0.3, -0.25) is 19.8 Å². The molecule has 148 valence electrons. The quantitative estimate of drug-likeness (QED) is 0.454. The second-order valence-electron chi connectivity index (χ2n) is 6.49. The van der Waals surface area contributed by atoms with Crippen LogP contribution in [0.2, 0.25) is 0 Å². The van der Waals surface area contributed by atoms with Gasteiger partial charge in [-0.05, 0) is 24.3 Å². The SMILES string of the molecule is COc1ccc2nc(N(CCC[NH+](C)C)C(=O)c3ccc([N+](=O)[O-])o3)sc2c1. The van der Waals surface area contributed by atoms with Crippen LogP contribution in [0.15, 0.2) is 34.7 Å². The minimum atomic E-state index is -0.666. The molecule has 1 aromatic carbocycles. The molecule has 1 amide bonds. The van der Waals surface area contributed by atoms with Crippen LogP contribution in [0.4, 0.5) is 11.0 Å². The molecule has 0 fully saturated rings. The number of carbonyl (C=O) groups excluding carboxylic acids is 1. The highest BCUT2D eigenvalue weighted by atomic mass is 32.1. The number of anilines is 1. The van der Waals surface area contributed by atoms with E-state index in [9.17, 15) is 14.9 Å². The molecule has 9 nitrogen and oxygen atoms in total. The minimum absolute atomic E-state index is 0.0827. The van der Waals surface area contributed by atoms with Crippen LogP contribution < -0.4 is 14.5 Å². The molecule has 10 heteroatoms. The Balaban J connectivity index is 1.93. The number of ether oxygens (including phenoxy) is 1. The number of furan rings is 1. The van der Waals surface area contributed by atoms with E-state index in [2.05, 4.69) is 4.98 Å². The normalized spacial score (nSPS) is 11.1. The molecular weight excluding hydrogens is 384 g/mol. The number of fused-ring (bicyclic) bond motifs is 1. The number of nitro groups is 1. The van der Waals surface area contributed by atoms with Crippen molar-refractivity contribution in [2.75, 3.05) is 39.2 Å². The number of hydrogen-bond acceptors (Lipinski definition) is 7. The fraction of sp³-hybridized carbons (Fsp3) is 0.333. The van der Waals surface area contributed by atoms with Crippen LogP contribution in [0.5, 0.6) is 5.75 Å². The molecular formula is C18H21N4O5S+. The van der Waals surface area contributed by atoms with Gasteiger partial charge in [0.05, 0.1) is 44.0 Å². The number of nitrogens with zero attached hydrogens (tertiary/aromatic N) is 3.